The minimum Gasteiger partial charge on any atom is -0.465 e. The summed E-state index contributed by atoms with van der Waals surface area (Å²) in [6.45, 7) is 4.64. The summed E-state index contributed by atoms with van der Waals surface area (Å²) in [5.74, 6) is 0.367. The second-order valence-electron chi connectivity index (χ2n) is 6.17. The number of hydrogen-bond donors (Lipinski definition) is 1. The van der Waals surface area contributed by atoms with Gasteiger partial charge in [0.2, 0.25) is 0 Å². The molecule has 0 unspecified atom stereocenters. The maximum atomic E-state index is 12.3. The van der Waals surface area contributed by atoms with E-state index in [0.717, 1.165) is 12.8 Å². The van der Waals surface area contributed by atoms with Crippen LogP contribution < -0.4 is 11.2 Å². The Morgan fingerprint density at radius 3 is 2.82 bits per heavy atom. The highest BCUT2D eigenvalue weighted by Crippen LogP contribution is 2.13. The Morgan fingerprint density at radius 1 is 1.32 bits per heavy atom. The number of fused-ring (bicyclic) bond motifs is 1. The van der Waals surface area contributed by atoms with Crippen molar-refractivity contribution in [2.75, 3.05) is 0 Å². The molecule has 0 saturated heterocycles. The van der Waals surface area contributed by atoms with E-state index >= 15 is 0 Å². The molecule has 0 aliphatic carbocycles. The van der Waals surface area contributed by atoms with Gasteiger partial charge >= 0.3 is 11.7 Å². The zero-order valence-electron chi connectivity index (χ0n) is 15.8. The Kier molecular flexibility index (Phi) is 5.93. The van der Waals surface area contributed by atoms with Crippen molar-refractivity contribution >= 4 is 23.2 Å². The van der Waals surface area contributed by atoms with Gasteiger partial charge < -0.3 is 13.7 Å². The number of hydrogen-bond acceptors (Lipinski definition) is 6. The average Bonchev–Trinajstić information content (AvgIpc) is 3.32. The molecule has 0 atom stereocenters. The molecular weight excluding hydrogens is 364 g/mol. The fourth-order valence-electron chi connectivity index (χ4n) is 2.91. The smallest absolute Gasteiger partial charge is 0.331 e. The molecule has 0 aliphatic rings. The number of carbonyl (C=O) groups is 1. The summed E-state index contributed by atoms with van der Waals surface area (Å²) >= 11 is 0. The average molecular weight is 386 g/mol. The van der Waals surface area contributed by atoms with Gasteiger partial charge in [0.1, 0.15) is 18.2 Å². The molecule has 9 heteroatoms. The summed E-state index contributed by atoms with van der Waals surface area (Å²) in [6, 6.07) is 3.42. The summed E-state index contributed by atoms with van der Waals surface area (Å²) in [6.07, 6.45) is 5.93. The van der Waals surface area contributed by atoms with E-state index in [9.17, 15) is 14.4 Å². The van der Waals surface area contributed by atoms with Gasteiger partial charge in [-0.3, -0.25) is 14.3 Å². The Labute approximate surface area is 160 Å². The SMILES string of the molecule is CCCCn1c(=O)[nH]c(=O)c2c1nc(COC(=O)/C=C/c1ccco1)n2CC. The molecule has 28 heavy (non-hydrogen) atoms. The van der Waals surface area contributed by atoms with Crippen LogP contribution in [0.5, 0.6) is 0 Å². The lowest BCUT2D eigenvalue weighted by Gasteiger charge is -2.06. The predicted octanol–water partition coefficient (Wildman–Crippen LogP) is 2.06. The van der Waals surface area contributed by atoms with Gasteiger partial charge in [0.15, 0.2) is 11.2 Å². The molecule has 0 amide bonds. The van der Waals surface area contributed by atoms with Gasteiger partial charge in [-0.2, -0.15) is 0 Å². The fourth-order valence-corrected chi connectivity index (χ4v) is 2.91. The van der Waals surface area contributed by atoms with Crippen LogP contribution in [-0.4, -0.2) is 25.1 Å². The van der Waals surface area contributed by atoms with Gasteiger partial charge in [0.05, 0.1) is 6.26 Å². The van der Waals surface area contributed by atoms with Crippen molar-refractivity contribution in [3.05, 3.63) is 56.9 Å². The first-order chi connectivity index (χ1) is 13.5. The van der Waals surface area contributed by atoms with Crippen molar-refractivity contribution < 1.29 is 13.9 Å². The Hall–Kier alpha value is -3.36. The molecule has 0 aromatic carbocycles. The van der Waals surface area contributed by atoms with Crippen LogP contribution in [0, 0.1) is 0 Å². The van der Waals surface area contributed by atoms with Crippen molar-refractivity contribution in [1.29, 1.82) is 0 Å². The largest absolute Gasteiger partial charge is 0.465 e. The number of ether oxygens (including phenoxy) is 1. The highest BCUT2D eigenvalue weighted by molar-refractivity contribution is 5.86. The number of esters is 1. The number of H-pyrrole nitrogens is 1. The lowest BCUT2D eigenvalue weighted by molar-refractivity contribution is -0.139. The summed E-state index contributed by atoms with van der Waals surface area (Å²) in [5.41, 5.74) is -0.384. The van der Waals surface area contributed by atoms with Gasteiger partial charge in [-0.15, -0.1) is 0 Å². The minimum absolute atomic E-state index is 0.120. The predicted molar refractivity (Wildman–Crippen MR) is 103 cm³/mol. The highest BCUT2D eigenvalue weighted by atomic mass is 16.5. The number of aromatic amines is 1. The van der Waals surface area contributed by atoms with Gasteiger partial charge in [-0.25, -0.2) is 14.6 Å². The van der Waals surface area contributed by atoms with Crippen LogP contribution >= 0.6 is 0 Å². The van der Waals surface area contributed by atoms with Gasteiger partial charge in [0.25, 0.3) is 5.56 Å². The summed E-state index contributed by atoms with van der Waals surface area (Å²) in [4.78, 5) is 43.2. The number of nitrogens with one attached hydrogen (secondary N) is 1. The third kappa shape index (κ3) is 3.98. The Balaban J connectivity index is 1.88. The number of unbranched alkanes of at least 4 members (excludes halogenated alkanes) is 1. The van der Waals surface area contributed by atoms with Crippen molar-refractivity contribution in [2.24, 2.45) is 0 Å². The topological polar surface area (TPSA) is 112 Å². The highest BCUT2D eigenvalue weighted by Gasteiger charge is 2.18. The van der Waals surface area contributed by atoms with Crippen LogP contribution in [0.3, 0.4) is 0 Å². The molecule has 3 heterocycles. The van der Waals surface area contributed by atoms with E-state index in [2.05, 4.69) is 9.97 Å². The van der Waals surface area contributed by atoms with E-state index in [0.29, 0.717) is 35.8 Å². The van der Waals surface area contributed by atoms with Crippen molar-refractivity contribution in [3.63, 3.8) is 0 Å². The van der Waals surface area contributed by atoms with Crippen LogP contribution in [0.2, 0.25) is 0 Å². The van der Waals surface area contributed by atoms with Crippen LogP contribution in [0.1, 0.15) is 38.3 Å². The quantitative estimate of drug-likeness (QED) is 0.468. The summed E-state index contributed by atoms with van der Waals surface area (Å²) in [5, 5.41) is 0. The molecular formula is C19H22N4O5. The van der Waals surface area contributed by atoms with Crippen molar-refractivity contribution in [3.8, 4) is 0 Å². The lowest BCUT2D eigenvalue weighted by Crippen LogP contribution is -2.31. The summed E-state index contributed by atoms with van der Waals surface area (Å²) < 4.78 is 13.5. The molecule has 0 spiro atoms. The van der Waals surface area contributed by atoms with Gasteiger partial charge in [-0.05, 0) is 31.6 Å². The van der Waals surface area contributed by atoms with Crippen LogP contribution in [0.15, 0.2) is 38.5 Å². The molecule has 3 aromatic heterocycles. The molecule has 0 saturated carbocycles. The van der Waals surface area contributed by atoms with E-state index in [1.54, 1.807) is 16.7 Å². The van der Waals surface area contributed by atoms with Crippen LogP contribution in [0.4, 0.5) is 0 Å². The summed E-state index contributed by atoms with van der Waals surface area (Å²) in [7, 11) is 0. The second kappa shape index (κ2) is 8.55. The number of aromatic nitrogens is 4. The molecule has 1 N–H and O–H groups in total. The number of rotatable bonds is 8. The molecule has 0 bridgehead atoms. The Morgan fingerprint density at radius 2 is 2.14 bits per heavy atom. The first kappa shape index (κ1) is 19.4. The number of imidazole rings is 1. The molecule has 3 aromatic rings. The molecule has 3 rings (SSSR count). The standard InChI is InChI=1S/C19H22N4O5/c1-3-5-10-23-17-16(18(25)21-19(23)26)22(4-2)14(20-17)12-28-15(24)9-8-13-7-6-11-27-13/h6-9,11H,3-5,10,12H2,1-2H3,(H,21,25,26)/b9-8+. The number of nitrogens with zero attached hydrogens (tertiary/aromatic N) is 3. The Bertz CT molecular complexity index is 1100. The van der Waals surface area contributed by atoms with E-state index in [1.165, 1.54) is 23.0 Å². The van der Waals surface area contributed by atoms with Crippen molar-refractivity contribution in [1.82, 2.24) is 19.1 Å². The zero-order chi connectivity index (χ0) is 20.1. The molecule has 0 aliphatic heterocycles. The molecule has 0 fully saturated rings. The van der Waals surface area contributed by atoms with E-state index in [-0.39, 0.29) is 6.61 Å². The third-order valence-corrected chi connectivity index (χ3v) is 4.29. The van der Waals surface area contributed by atoms with Crippen LogP contribution in [0.25, 0.3) is 17.2 Å². The maximum absolute atomic E-state index is 12.3. The molecule has 0 radical (unpaired) electrons. The number of aryl methyl sites for hydroxylation is 2. The molecule has 148 valence electrons. The fraction of sp³-hybridized carbons (Fsp3) is 0.368. The van der Waals surface area contributed by atoms with Gasteiger partial charge in [-0.1, -0.05) is 13.3 Å². The monoisotopic (exact) mass is 386 g/mol. The van der Waals surface area contributed by atoms with Crippen LogP contribution in [-0.2, 0) is 29.2 Å². The first-order valence-corrected chi connectivity index (χ1v) is 9.15. The van der Waals surface area contributed by atoms with E-state index in [1.807, 2.05) is 13.8 Å². The normalized spacial score (nSPS) is 11.5. The van der Waals surface area contributed by atoms with E-state index in [4.69, 9.17) is 9.15 Å². The lowest BCUT2D eigenvalue weighted by atomic mass is 10.3. The van der Waals surface area contributed by atoms with Gasteiger partial charge in [0, 0.05) is 19.2 Å². The second-order valence-corrected chi connectivity index (χ2v) is 6.17. The van der Waals surface area contributed by atoms with E-state index < -0.39 is 17.2 Å². The number of carbonyl (C=O) groups excluding carboxylic acids is 1. The van der Waals surface area contributed by atoms with Crippen molar-refractivity contribution in [2.45, 2.75) is 46.4 Å². The third-order valence-electron chi connectivity index (χ3n) is 4.29. The minimum atomic E-state index is -0.566. The molecule has 9 nitrogen and oxygen atoms in total. The zero-order valence-corrected chi connectivity index (χ0v) is 15.8. The number of furan rings is 1. The first-order valence-electron chi connectivity index (χ1n) is 9.15. The maximum Gasteiger partial charge on any atom is 0.331 e.